The van der Waals surface area contributed by atoms with Gasteiger partial charge in [-0.15, -0.1) is 0 Å². The molecule has 3 aromatic rings. The summed E-state index contributed by atoms with van der Waals surface area (Å²) in [6.07, 6.45) is 3.44. The molecule has 0 spiro atoms. The molecule has 0 aliphatic heterocycles. The second kappa shape index (κ2) is 5.13. The van der Waals surface area contributed by atoms with Gasteiger partial charge in [-0.05, 0) is 19.9 Å². The van der Waals surface area contributed by atoms with Crippen LogP contribution in [-0.2, 0) is 0 Å². The van der Waals surface area contributed by atoms with E-state index in [9.17, 15) is 0 Å². The lowest BCUT2D eigenvalue weighted by Gasteiger charge is -2.05. The molecule has 0 saturated carbocycles. The van der Waals surface area contributed by atoms with Crippen molar-refractivity contribution in [3.63, 3.8) is 0 Å². The van der Waals surface area contributed by atoms with Crippen molar-refractivity contribution in [3.8, 4) is 11.3 Å². The van der Waals surface area contributed by atoms with Crippen LogP contribution in [0.2, 0.25) is 0 Å². The molecule has 0 unspecified atom stereocenters. The fourth-order valence-corrected chi connectivity index (χ4v) is 1.98. The fraction of sp³-hybridized carbons (Fsp3) is 0.133. The first-order chi connectivity index (χ1) is 9.70. The molecule has 2 aromatic heterocycles. The molecule has 0 amide bonds. The molecule has 100 valence electrons. The van der Waals surface area contributed by atoms with Crippen LogP contribution in [0.25, 0.3) is 11.3 Å². The maximum absolute atomic E-state index is 4.56. The number of hydrogen-bond donors (Lipinski definition) is 2. The third-order valence-electron chi connectivity index (χ3n) is 2.91. The normalized spacial score (nSPS) is 10.5. The van der Waals surface area contributed by atoms with Crippen LogP contribution in [0.5, 0.6) is 0 Å². The molecule has 2 heterocycles. The first-order valence-corrected chi connectivity index (χ1v) is 6.39. The van der Waals surface area contributed by atoms with Gasteiger partial charge in [-0.3, -0.25) is 10.1 Å². The molecule has 0 aliphatic rings. The minimum absolute atomic E-state index is 0.676. The van der Waals surface area contributed by atoms with Crippen LogP contribution in [0.1, 0.15) is 11.3 Å². The maximum Gasteiger partial charge on any atom is 0.153 e. The smallest absolute Gasteiger partial charge is 0.153 e. The Morgan fingerprint density at radius 2 is 1.95 bits per heavy atom. The van der Waals surface area contributed by atoms with Crippen LogP contribution in [0.15, 0.2) is 42.7 Å². The Hall–Kier alpha value is -2.69. The molecule has 0 saturated heterocycles. The zero-order valence-corrected chi connectivity index (χ0v) is 11.4. The predicted octanol–water partition coefficient (Wildman–Crippen LogP) is 3.23. The van der Waals surface area contributed by atoms with Gasteiger partial charge >= 0.3 is 0 Å². The molecule has 0 radical (unpaired) electrons. The van der Waals surface area contributed by atoms with Crippen molar-refractivity contribution < 1.29 is 0 Å². The summed E-state index contributed by atoms with van der Waals surface area (Å²) >= 11 is 0. The van der Waals surface area contributed by atoms with Gasteiger partial charge in [0.05, 0.1) is 18.1 Å². The number of nitrogens with zero attached hydrogens (tertiary/aromatic N) is 3. The van der Waals surface area contributed by atoms with Crippen molar-refractivity contribution in [1.82, 2.24) is 20.2 Å². The van der Waals surface area contributed by atoms with Gasteiger partial charge < -0.3 is 5.32 Å². The maximum atomic E-state index is 4.56. The SMILES string of the molecule is Cc1cccc(-c2cncc(Nc3cc(C)[nH]n3)n2)c1. The van der Waals surface area contributed by atoms with Crippen LogP contribution in [0, 0.1) is 13.8 Å². The van der Waals surface area contributed by atoms with E-state index < -0.39 is 0 Å². The second-order valence-electron chi connectivity index (χ2n) is 4.72. The van der Waals surface area contributed by atoms with Crippen molar-refractivity contribution in [3.05, 3.63) is 54.0 Å². The predicted molar refractivity (Wildman–Crippen MR) is 78.8 cm³/mol. The highest BCUT2D eigenvalue weighted by molar-refractivity contribution is 5.62. The van der Waals surface area contributed by atoms with Gasteiger partial charge in [0.15, 0.2) is 11.6 Å². The lowest BCUT2D eigenvalue weighted by molar-refractivity contribution is 1.05. The lowest BCUT2D eigenvalue weighted by atomic mass is 10.1. The lowest BCUT2D eigenvalue weighted by Crippen LogP contribution is -1.96. The summed E-state index contributed by atoms with van der Waals surface area (Å²) in [5.41, 5.74) is 4.09. The van der Waals surface area contributed by atoms with Gasteiger partial charge in [-0.25, -0.2) is 4.98 Å². The van der Waals surface area contributed by atoms with E-state index in [1.54, 1.807) is 12.4 Å². The van der Waals surface area contributed by atoms with E-state index in [0.717, 1.165) is 22.8 Å². The number of rotatable bonds is 3. The average Bonchev–Trinajstić information content (AvgIpc) is 2.84. The summed E-state index contributed by atoms with van der Waals surface area (Å²) in [6.45, 7) is 4.01. The topological polar surface area (TPSA) is 66.5 Å². The average molecular weight is 265 g/mol. The molecule has 3 rings (SSSR count). The van der Waals surface area contributed by atoms with Gasteiger partial charge in [0, 0.05) is 17.3 Å². The molecular formula is C15H15N5. The monoisotopic (exact) mass is 265 g/mol. The number of aromatic nitrogens is 4. The van der Waals surface area contributed by atoms with Crippen molar-refractivity contribution in [2.75, 3.05) is 5.32 Å². The molecule has 5 nitrogen and oxygen atoms in total. The third-order valence-corrected chi connectivity index (χ3v) is 2.91. The molecule has 0 fully saturated rings. The minimum atomic E-state index is 0.676. The molecular weight excluding hydrogens is 250 g/mol. The number of nitrogens with one attached hydrogen (secondary N) is 2. The fourth-order valence-electron chi connectivity index (χ4n) is 1.98. The van der Waals surface area contributed by atoms with Gasteiger partial charge in [0.2, 0.25) is 0 Å². The van der Waals surface area contributed by atoms with E-state index in [1.807, 2.05) is 25.1 Å². The largest absolute Gasteiger partial charge is 0.322 e. The number of aryl methyl sites for hydroxylation is 2. The van der Waals surface area contributed by atoms with Crippen molar-refractivity contribution in [2.45, 2.75) is 13.8 Å². The Labute approximate surface area is 117 Å². The molecule has 1 aromatic carbocycles. The third kappa shape index (κ3) is 2.66. The van der Waals surface area contributed by atoms with Crippen molar-refractivity contribution in [1.29, 1.82) is 0 Å². The molecule has 0 bridgehead atoms. The Morgan fingerprint density at radius 1 is 1.05 bits per heavy atom. The summed E-state index contributed by atoms with van der Waals surface area (Å²) in [5, 5.41) is 10.1. The van der Waals surface area contributed by atoms with E-state index in [-0.39, 0.29) is 0 Å². The second-order valence-corrected chi connectivity index (χ2v) is 4.72. The number of anilines is 2. The number of aromatic amines is 1. The van der Waals surface area contributed by atoms with Gasteiger partial charge in [0.1, 0.15) is 0 Å². The van der Waals surface area contributed by atoms with Crippen LogP contribution < -0.4 is 5.32 Å². The quantitative estimate of drug-likeness (QED) is 0.763. The van der Waals surface area contributed by atoms with Gasteiger partial charge in [-0.1, -0.05) is 23.8 Å². The standard InChI is InChI=1S/C15H15N5/c1-10-4-3-5-12(6-10)13-8-16-9-15(17-13)18-14-7-11(2)19-20-14/h3-9H,1-2H3,(H2,17,18,19,20). The van der Waals surface area contributed by atoms with Crippen LogP contribution >= 0.6 is 0 Å². The number of benzene rings is 1. The van der Waals surface area contributed by atoms with Crippen LogP contribution in [0.4, 0.5) is 11.6 Å². The van der Waals surface area contributed by atoms with E-state index in [2.05, 4.69) is 44.5 Å². The Bertz CT molecular complexity index is 732. The Morgan fingerprint density at radius 3 is 2.70 bits per heavy atom. The van der Waals surface area contributed by atoms with E-state index in [4.69, 9.17) is 0 Å². The molecule has 0 aliphatic carbocycles. The van der Waals surface area contributed by atoms with Gasteiger partial charge in [0.25, 0.3) is 0 Å². The zero-order valence-electron chi connectivity index (χ0n) is 11.4. The molecule has 5 heteroatoms. The first-order valence-electron chi connectivity index (χ1n) is 6.39. The summed E-state index contributed by atoms with van der Waals surface area (Å²) in [7, 11) is 0. The summed E-state index contributed by atoms with van der Waals surface area (Å²) < 4.78 is 0. The summed E-state index contributed by atoms with van der Waals surface area (Å²) in [6, 6.07) is 10.1. The number of hydrogen-bond acceptors (Lipinski definition) is 4. The molecule has 0 atom stereocenters. The highest BCUT2D eigenvalue weighted by Crippen LogP contribution is 2.20. The Balaban J connectivity index is 1.89. The number of H-pyrrole nitrogens is 1. The van der Waals surface area contributed by atoms with Crippen LogP contribution in [0.3, 0.4) is 0 Å². The van der Waals surface area contributed by atoms with E-state index >= 15 is 0 Å². The first kappa shape index (κ1) is 12.3. The molecule has 2 N–H and O–H groups in total. The minimum Gasteiger partial charge on any atom is -0.322 e. The molecule has 20 heavy (non-hydrogen) atoms. The van der Waals surface area contributed by atoms with E-state index in [0.29, 0.717) is 5.82 Å². The summed E-state index contributed by atoms with van der Waals surface area (Å²) in [4.78, 5) is 8.79. The summed E-state index contributed by atoms with van der Waals surface area (Å²) in [5.74, 6) is 1.41. The zero-order chi connectivity index (χ0) is 13.9. The highest BCUT2D eigenvalue weighted by Gasteiger charge is 2.04. The highest BCUT2D eigenvalue weighted by atomic mass is 15.2. The van der Waals surface area contributed by atoms with Crippen molar-refractivity contribution in [2.24, 2.45) is 0 Å². The van der Waals surface area contributed by atoms with E-state index in [1.165, 1.54) is 5.56 Å². The Kier molecular flexibility index (Phi) is 3.16. The van der Waals surface area contributed by atoms with Gasteiger partial charge in [-0.2, -0.15) is 5.10 Å². The van der Waals surface area contributed by atoms with Crippen molar-refractivity contribution >= 4 is 11.6 Å². The van der Waals surface area contributed by atoms with Crippen LogP contribution in [-0.4, -0.2) is 20.2 Å².